The van der Waals surface area contributed by atoms with Crippen LogP contribution in [0, 0.1) is 0 Å². The van der Waals surface area contributed by atoms with E-state index in [1.807, 2.05) is 47.8 Å². The van der Waals surface area contributed by atoms with Gasteiger partial charge in [0.15, 0.2) is 0 Å². The van der Waals surface area contributed by atoms with Gasteiger partial charge in [0, 0.05) is 28.2 Å². The van der Waals surface area contributed by atoms with E-state index in [0.717, 1.165) is 11.1 Å². The molecular formula is C24H18ClF3N2O6S. The van der Waals surface area contributed by atoms with Crippen molar-refractivity contribution in [3.63, 3.8) is 0 Å². The van der Waals surface area contributed by atoms with Crippen molar-refractivity contribution >= 4 is 50.8 Å². The molecule has 4 rings (SSSR count). The van der Waals surface area contributed by atoms with E-state index in [1.165, 1.54) is 17.5 Å². The van der Waals surface area contributed by atoms with Gasteiger partial charge < -0.3 is 25.4 Å². The molecule has 2 aromatic carbocycles. The summed E-state index contributed by atoms with van der Waals surface area (Å²) in [7, 11) is 0. The lowest BCUT2D eigenvalue weighted by Gasteiger charge is -2.10. The van der Waals surface area contributed by atoms with Gasteiger partial charge in [0.2, 0.25) is 0 Å². The van der Waals surface area contributed by atoms with Crippen LogP contribution in [0.25, 0.3) is 10.1 Å². The highest BCUT2D eigenvalue weighted by Crippen LogP contribution is 2.33. The monoisotopic (exact) mass is 554 g/mol. The van der Waals surface area contributed by atoms with Crippen molar-refractivity contribution in [2.45, 2.75) is 19.4 Å². The average Bonchev–Trinajstić information content (AvgIpc) is 3.27. The van der Waals surface area contributed by atoms with Crippen LogP contribution in [0.2, 0.25) is 5.02 Å². The summed E-state index contributed by atoms with van der Waals surface area (Å²) < 4.78 is 44.1. The van der Waals surface area contributed by atoms with E-state index in [1.54, 1.807) is 6.07 Å². The zero-order chi connectivity index (χ0) is 27.2. The molecule has 0 atom stereocenters. The third kappa shape index (κ3) is 7.48. The van der Waals surface area contributed by atoms with Crippen molar-refractivity contribution in [3.05, 3.63) is 81.8 Å². The van der Waals surface area contributed by atoms with Gasteiger partial charge in [-0.25, -0.2) is 14.6 Å². The highest BCUT2D eigenvalue weighted by molar-refractivity contribution is 7.17. The maximum Gasteiger partial charge on any atom is 0.490 e. The minimum Gasteiger partial charge on any atom is -0.489 e. The lowest BCUT2D eigenvalue weighted by Crippen LogP contribution is -2.21. The van der Waals surface area contributed by atoms with Crippen LogP contribution in [0.15, 0.2) is 60.1 Å². The fourth-order valence-electron chi connectivity index (χ4n) is 2.95. The Balaban J connectivity index is 0.000000479. The van der Waals surface area contributed by atoms with Crippen LogP contribution in [0.1, 0.15) is 21.5 Å². The molecule has 0 amide bonds. The van der Waals surface area contributed by atoms with Gasteiger partial charge >= 0.3 is 18.1 Å². The van der Waals surface area contributed by atoms with Crippen molar-refractivity contribution in [1.29, 1.82) is 0 Å². The quantitative estimate of drug-likeness (QED) is 0.252. The number of aromatic carboxylic acids is 1. The standard InChI is InChI=1S/C22H17ClN2O4S.C2HF3O2/c23-15-6-4-13(5-7-15)10-28-16-2-1-3-17(8-16)29-11-14-12-30-20-18(22(26)27)9-25-21(24)19(14)20;3-2(4,5)1(6)7/h1-9,12H,10-11H2,(H2,24,25)(H,26,27);(H,6,7). The minimum atomic E-state index is -5.08. The van der Waals surface area contributed by atoms with E-state index in [9.17, 15) is 23.1 Å². The van der Waals surface area contributed by atoms with E-state index >= 15 is 0 Å². The van der Waals surface area contributed by atoms with E-state index in [-0.39, 0.29) is 18.0 Å². The third-order valence-corrected chi connectivity index (χ3v) is 6.01. The summed E-state index contributed by atoms with van der Waals surface area (Å²) in [5, 5.41) is 19.6. The van der Waals surface area contributed by atoms with E-state index in [2.05, 4.69) is 4.98 Å². The molecule has 0 aliphatic heterocycles. The largest absolute Gasteiger partial charge is 0.490 e. The van der Waals surface area contributed by atoms with Gasteiger partial charge in [-0.05, 0) is 35.2 Å². The molecule has 4 aromatic rings. The molecule has 0 radical (unpaired) electrons. The molecule has 0 saturated carbocycles. The zero-order valence-corrected chi connectivity index (χ0v) is 20.2. The molecule has 37 heavy (non-hydrogen) atoms. The SMILES string of the molecule is Nc1ncc(C(=O)O)c2scc(COc3cccc(OCc4ccc(Cl)cc4)c3)c12.O=C(O)C(F)(F)F. The molecular weight excluding hydrogens is 537 g/mol. The Bertz CT molecular complexity index is 1410. The van der Waals surface area contributed by atoms with Crippen molar-refractivity contribution in [3.8, 4) is 11.5 Å². The molecule has 0 aliphatic carbocycles. The van der Waals surface area contributed by atoms with Crippen molar-refractivity contribution in [1.82, 2.24) is 4.98 Å². The van der Waals surface area contributed by atoms with Crippen LogP contribution in [-0.2, 0) is 18.0 Å². The fraction of sp³-hybridized carbons (Fsp3) is 0.125. The number of fused-ring (bicyclic) bond motifs is 1. The van der Waals surface area contributed by atoms with Gasteiger partial charge in [-0.1, -0.05) is 29.8 Å². The maximum atomic E-state index is 11.4. The molecule has 8 nitrogen and oxygen atoms in total. The molecule has 4 N–H and O–H groups in total. The number of rotatable bonds is 7. The van der Waals surface area contributed by atoms with Gasteiger partial charge in [-0.15, -0.1) is 11.3 Å². The second-order valence-corrected chi connectivity index (χ2v) is 8.63. The van der Waals surface area contributed by atoms with Gasteiger partial charge in [0.1, 0.15) is 30.5 Å². The summed E-state index contributed by atoms with van der Waals surface area (Å²) in [5.41, 5.74) is 7.91. The summed E-state index contributed by atoms with van der Waals surface area (Å²) in [6, 6.07) is 14.8. The molecule has 2 aromatic heterocycles. The van der Waals surface area contributed by atoms with Crippen LogP contribution in [0.5, 0.6) is 11.5 Å². The number of benzene rings is 2. The average molecular weight is 555 g/mol. The molecule has 0 unspecified atom stereocenters. The number of nitrogen functional groups attached to an aromatic ring is 1. The van der Waals surface area contributed by atoms with Crippen LogP contribution in [0.4, 0.5) is 19.0 Å². The first-order chi connectivity index (χ1) is 17.5. The number of nitrogens with two attached hydrogens (primary N) is 1. The highest BCUT2D eigenvalue weighted by Gasteiger charge is 2.38. The number of halogens is 4. The summed E-state index contributed by atoms with van der Waals surface area (Å²) in [4.78, 5) is 24.3. The number of carboxylic acid groups (broad SMARTS) is 2. The second kappa shape index (κ2) is 11.8. The highest BCUT2D eigenvalue weighted by atomic mass is 35.5. The van der Waals surface area contributed by atoms with Gasteiger partial charge in [-0.3, -0.25) is 0 Å². The Hall–Kier alpha value is -4.03. The second-order valence-electron chi connectivity index (χ2n) is 7.31. The molecule has 0 fully saturated rings. The molecule has 194 valence electrons. The van der Waals surface area contributed by atoms with Crippen LogP contribution < -0.4 is 15.2 Å². The number of carbonyl (C=O) groups is 2. The summed E-state index contributed by atoms with van der Waals surface area (Å²) in [6.07, 6.45) is -3.80. The fourth-order valence-corrected chi connectivity index (χ4v) is 4.14. The number of nitrogens with zero attached hydrogens (tertiary/aromatic N) is 1. The summed E-state index contributed by atoms with van der Waals surface area (Å²) in [5.74, 6) is -2.20. The molecule has 0 aliphatic rings. The first-order valence-electron chi connectivity index (χ1n) is 10.2. The van der Waals surface area contributed by atoms with Gasteiger partial charge in [-0.2, -0.15) is 13.2 Å². The third-order valence-electron chi connectivity index (χ3n) is 4.69. The Morgan fingerprint density at radius 1 is 1.03 bits per heavy atom. The number of ether oxygens (including phenoxy) is 2. The van der Waals surface area contributed by atoms with Crippen LogP contribution >= 0.6 is 22.9 Å². The number of thiophene rings is 1. The first kappa shape index (κ1) is 27.6. The Labute approximate surface area is 216 Å². The molecule has 0 bridgehead atoms. The smallest absolute Gasteiger partial charge is 0.489 e. The first-order valence-corrected chi connectivity index (χ1v) is 11.5. The van der Waals surface area contributed by atoms with E-state index in [0.29, 0.717) is 33.2 Å². The van der Waals surface area contributed by atoms with Gasteiger partial charge in [0.05, 0.1) is 10.3 Å². The molecule has 13 heteroatoms. The maximum absolute atomic E-state index is 11.4. The Morgan fingerprint density at radius 2 is 1.62 bits per heavy atom. The predicted molar refractivity (Wildman–Crippen MR) is 131 cm³/mol. The Morgan fingerprint density at radius 3 is 2.19 bits per heavy atom. The number of alkyl halides is 3. The summed E-state index contributed by atoms with van der Waals surface area (Å²) >= 11 is 7.21. The molecule has 0 saturated heterocycles. The molecule has 2 heterocycles. The number of hydrogen-bond donors (Lipinski definition) is 3. The number of hydrogen-bond acceptors (Lipinski definition) is 7. The number of anilines is 1. The molecule has 0 spiro atoms. The lowest BCUT2D eigenvalue weighted by molar-refractivity contribution is -0.192. The zero-order valence-electron chi connectivity index (χ0n) is 18.7. The van der Waals surface area contributed by atoms with E-state index < -0.39 is 18.1 Å². The number of carboxylic acids is 2. The summed E-state index contributed by atoms with van der Waals surface area (Å²) in [6.45, 7) is 0.644. The van der Waals surface area contributed by atoms with Gasteiger partial charge in [0.25, 0.3) is 0 Å². The normalized spacial score (nSPS) is 10.9. The number of aliphatic carboxylic acids is 1. The van der Waals surface area contributed by atoms with Crippen molar-refractivity contribution < 1.29 is 42.4 Å². The van der Waals surface area contributed by atoms with E-state index in [4.69, 9.17) is 36.7 Å². The minimum absolute atomic E-state index is 0.132. The van der Waals surface area contributed by atoms with Crippen molar-refractivity contribution in [2.24, 2.45) is 0 Å². The number of pyridine rings is 1. The number of aromatic nitrogens is 1. The van der Waals surface area contributed by atoms with Crippen molar-refractivity contribution in [2.75, 3.05) is 5.73 Å². The lowest BCUT2D eigenvalue weighted by atomic mass is 10.1. The Kier molecular flexibility index (Phi) is 8.79. The van der Waals surface area contributed by atoms with Crippen LogP contribution in [0.3, 0.4) is 0 Å². The predicted octanol–water partition coefficient (Wildman–Crippen LogP) is 6.02. The topological polar surface area (TPSA) is 132 Å². The van der Waals surface area contributed by atoms with Crippen LogP contribution in [-0.4, -0.2) is 33.3 Å².